The Morgan fingerprint density at radius 3 is 2.69 bits per heavy atom. The summed E-state index contributed by atoms with van der Waals surface area (Å²) in [5, 5.41) is 0. The van der Waals surface area contributed by atoms with Gasteiger partial charge in [-0.25, -0.2) is 0 Å². The average Bonchev–Trinajstić information content (AvgIpc) is 3.01. The topological polar surface area (TPSA) is 29.5 Å². The quantitative estimate of drug-likeness (QED) is 0.801. The van der Waals surface area contributed by atoms with Crippen molar-refractivity contribution in [3.05, 3.63) is 59.2 Å². The predicted molar refractivity (Wildman–Crippen MR) is 105 cm³/mol. The van der Waals surface area contributed by atoms with E-state index in [2.05, 4.69) is 25.1 Å². The minimum absolute atomic E-state index is 0.0719. The highest BCUT2D eigenvalue weighted by Gasteiger charge is 2.35. The summed E-state index contributed by atoms with van der Waals surface area (Å²) in [7, 11) is 0. The zero-order valence-electron chi connectivity index (χ0n) is 15.7. The highest BCUT2D eigenvalue weighted by atomic mass is 16.5. The van der Waals surface area contributed by atoms with Gasteiger partial charge in [0, 0.05) is 11.7 Å². The second-order valence-electron chi connectivity index (χ2n) is 7.54. The Balaban J connectivity index is 1.55. The third-order valence-corrected chi connectivity index (χ3v) is 5.69. The first-order valence-electron chi connectivity index (χ1n) is 9.87. The Kier molecular flexibility index (Phi) is 4.71. The lowest BCUT2D eigenvalue weighted by atomic mass is 9.92. The molecule has 2 aliphatic rings. The monoisotopic (exact) mass is 349 g/mol. The van der Waals surface area contributed by atoms with E-state index in [-0.39, 0.29) is 11.9 Å². The third-order valence-electron chi connectivity index (χ3n) is 5.69. The van der Waals surface area contributed by atoms with E-state index in [1.807, 2.05) is 36.1 Å². The first kappa shape index (κ1) is 17.1. The molecule has 0 aromatic heterocycles. The van der Waals surface area contributed by atoms with Crippen molar-refractivity contribution in [3.63, 3.8) is 0 Å². The summed E-state index contributed by atoms with van der Waals surface area (Å²) < 4.78 is 6.18. The number of carbonyl (C=O) groups is 1. The second-order valence-corrected chi connectivity index (χ2v) is 7.54. The molecule has 1 heterocycles. The van der Waals surface area contributed by atoms with Crippen molar-refractivity contribution in [2.24, 2.45) is 0 Å². The maximum absolute atomic E-state index is 13.2. The number of benzene rings is 2. The normalized spacial score (nSPS) is 19.6. The number of carbonyl (C=O) groups excluding carboxylic acids is 1. The number of para-hydroxylation sites is 1. The van der Waals surface area contributed by atoms with E-state index in [1.165, 1.54) is 29.5 Å². The van der Waals surface area contributed by atoms with Gasteiger partial charge in [0.05, 0.1) is 0 Å². The molecule has 2 atom stereocenters. The van der Waals surface area contributed by atoms with Crippen molar-refractivity contribution in [1.82, 2.24) is 0 Å². The van der Waals surface area contributed by atoms with E-state index in [0.29, 0.717) is 6.42 Å². The van der Waals surface area contributed by atoms with E-state index in [4.69, 9.17) is 4.74 Å². The van der Waals surface area contributed by atoms with Gasteiger partial charge in [0.15, 0.2) is 6.10 Å². The standard InChI is InChI=1S/C23H27NO2/c1-3-22(26-20-13-12-17-8-4-5-9-18(17)15-20)23(25)24-16(2)14-19-10-6-7-11-21(19)24/h6-7,10-13,15-16,22H,3-5,8-9,14H2,1-2H3. The van der Waals surface area contributed by atoms with E-state index < -0.39 is 6.10 Å². The lowest BCUT2D eigenvalue weighted by molar-refractivity contribution is -0.125. The average molecular weight is 349 g/mol. The number of rotatable bonds is 4. The van der Waals surface area contributed by atoms with Crippen LogP contribution in [-0.2, 0) is 24.1 Å². The molecule has 1 aliphatic carbocycles. The van der Waals surface area contributed by atoms with Crippen LogP contribution in [0.4, 0.5) is 5.69 Å². The summed E-state index contributed by atoms with van der Waals surface area (Å²) in [6, 6.07) is 14.7. The molecule has 0 N–H and O–H groups in total. The van der Waals surface area contributed by atoms with Gasteiger partial charge in [-0.05, 0) is 80.3 Å². The molecule has 4 rings (SSSR count). The van der Waals surface area contributed by atoms with Gasteiger partial charge in [-0.2, -0.15) is 0 Å². The van der Waals surface area contributed by atoms with Crippen molar-refractivity contribution in [3.8, 4) is 5.75 Å². The number of ether oxygens (including phenoxy) is 1. The van der Waals surface area contributed by atoms with Gasteiger partial charge in [-0.3, -0.25) is 4.79 Å². The molecule has 1 aliphatic heterocycles. The van der Waals surface area contributed by atoms with Crippen LogP contribution in [0.2, 0.25) is 0 Å². The van der Waals surface area contributed by atoms with Gasteiger partial charge in [0.25, 0.3) is 5.91 Å². The van der Waals surface area contributed by atoms with E-state index in [0.717, 1.165) is 30.7 Å². The van der Waals surface area contributed by atoms with Crippen LogP contribution in [0.1, 0.15) is 49.8 Å². The lowest BCUT2D eigenvalue weighted by Gasteiger charge is -2.28. The summed E-state index contributed by atoms with van der Waals surface area (Å²) in [5.41, 5.74) is 5.11. The van der Waals surface area contributed by atoms with Gasteiger partial charge in [0.2, 0.25) is 0 Å². The molecule has 0 fully saturated rings. The summed E-state index contributed by atoms with van der Waals surface area (Å²) in [4.78, 5) is 15.2. The first-order chi connectivity index (χ1) is 12.7. The van der Waals surface area contributed by atoms with Crippen LogP contribution >= 0.6 is 0 Å². The van der Waals surface area contributed by atoms with Crippen molar-refractivity contribution in [2.45, 2.75) is 64.5 Å². The Morgan fingerprint density at radius 1 is 1.12 bits per heavy atom. The molecule has 3 nitrogen and oxygen atoms in total. The molecule has 1 amide bonds. The fourth-order valence-electron chi connectivity index (χ4n) is 4.31. The molecule has 0 bridgehead atoms. The largest absolute Gasteiger partial charge is 0.481 e. The van der Waals surface area contributed by atoms with Crippen LogP contribution in [0.25, 0.3) is 0 Å². The molecule has 3 heteroatoms. The zero-order valence-corrected chi connectivity index (χ0v) is 15.7. The highest BCUT2D eigenvalue weighted by molar-refractivity contribution is 5.99. The summed E-state index contributed by atoms with van der Waals surface area (Å²) in [6.45, 7) is 4.14. The van der Waals surface area contributed by atoms with Crippen LogP contribution in [-0.4, -0.2) is 18.1 Å². The number of hydrogen-bond acceptors (Lipinski definition) is 2. The number of anilines is 1. The number of aryl methyl sites for hydroxylation is 2. The summed E-state index contributed by atoms with van der Waals surface area (Å²) in [5.74, 6) is 0.897. The molecule has 0 saturated heterocycles. The Bertz CT molecular complexity index is 814. The smallest absolute Gasteiger partial charge is 0.268 e. The Labute approximate surface area is 156 Å². The van der Waals surface area contributed by atoms with Crippen molar-refractivity contribution >= 4 is 11.6 Å². The van der Waals surface area contributed by atoms with Crippen LogP contribution in [0.5, 0.6) is 5.75 Å². The third kappa shape index (κ3) is 3.11. The van der Waals surface area contributed by atoms with E-state index >= 15 is 0 Å². The Hall–Kier alpha value is -2.29. The molecule has 136 valence electrons. The van der Waals surface area contributed by atoms with Crippen molar-refractivity contribution in [2.75, 3.05) is 4.90 Å². The SMILES string of the molecule is CCC(Oc1ccc2c(c1)CCCC2)C(=O)N1c2ccccc2CC1C. The lowest BCUT2D eigenvalue weighted by Crippen LogP contribution is -2.44. The molecular weight excluding hydrogens is 322 g/mol. The minimum Gasteiger partial charge on any atom is -0.481 e. The molecule has 0 saturated carbocycles. The number of fused-ring (bicyclic) bond motifs is 2. The van der Waals surface area contributed by atoms with E-state index in [1.54, 1.807) is 0 Å². The van der Waals surface area contributed by atoms with Gasteiger partial charge >= 0.3 is 0 Å². The first-order valence-corrected chi connectivity index (χ1v) is 9.87. The molecule has 0 spiro atoms. The number of nitrogens with zero attached hydrogens (tertiary/aromatic N) is 1. The number of hydrogen-bond donors (Lipinski definition) is 0. The maximum Gasteiger partial charge on any atom is 0.268 e. The van der Waals surface area contributed by atoms with Crippen molar-refractivity contribution < 1.29 is 9.53 Å². The van der Waals surface area contributed by atoms with Crippen molar-refractivity contribution in [1.29, 1.82) is 0 Å². The van der Waals surface area contributed by atoms with Gasteiger partial charge in [-0.15, -0.1) is 0 Å². The zero-order chi connectivity index (χ0) is 18.1. The number of amides is 1. The molecule has 0 radical (unpaired) electrons. The molecule has 2 aromatic rings. The summed E-state index contributed by atoms with van der Waals surface area (Å²) in [6.07, 6.45) is 5.94. The van der Waals surface area contributed by atoms with Crippen LogP contribution < -0.4 is 9.64 Å². The van der Waals surface area contributed by atoms with Gasteiger partial charge in [0.1, 0.15) is 5.75 Å². The predicted octanol–water partition coefficient (Wildman–Crippen LogP) is 4.70. The molecular formula is C23H27NO2. The molecule has 2 unspecified atom stereocenters. The Morgan fingerprint density at radius 2 is 1.88 bits per heavy atom. The van der Waals surface area contributed by atoms with Crippen LogP contribution in [0.15, 0.2) is 42.5 Å². The van der Waals surface area contributed by atoms with Gasteiger partial charge in [-0.1, -0.05) is 31.2 Å². The summed E-state index contributed by atoms with van der Waals surface area (Å²) >= 11 is 0. The van der Waals surface area contributed by atoms with E-state index in [9.17, 15) is 4.79 Å². The second kappa shape index (κ2) is 7.14. The van der Waals surface area contributed by atoms with Crippen LogP contribution in [0.3, 0.4) is 0 Å². The maximum atomic E-state index is 13.2. The fourth-order valence-corrected chi connectivity index (χ4v) is 4.31. The molecule has 26 heavy (non-hydrogen) atoms. The van der Waals surface area contributed by atoms with Gasteiger partial charge < -0.3 is 9.64 Å². The van der Waals surface area contributed by atoms with Crippen LogP contribution in [0, 0.1) is 0 Å². The fraction of sp³-hybridized carbons (Fsp3) is 0.435. The highest BCUT2D eigenvalue weighted by Crippen LogP contribution is 2.33. The molecule has 2 aromatic carbocycles. The minimum atomic E-state index is -0.440.